The van der Waals surface area contributed by atoms with Crippen molar-refractivity contribution in [3.05, 3.63) is 47.7 Å². The summed E-state index contributed by atoms with van der Waals surface area (Å²) in [5.41, 5.74) is 3.23. The maximum Gasteiger partial charge on any atom is 0.165 e. The van der Waals surface area contributed by atoms with Crippen molar-refractivity contribution in [3.8, 4) is 0 Å². The molecule has 2 aliphatic heterocycles. The van der Waals surface area contributed by atoms with E-state index in [-0.39, 0.29) is 5.54 Å². The van der Waals surface area contributed by atoms with E-state index in [0.717, 1.165) is 6.54 Å². The summed E-state index contributed by atoms with van der Waals surface area (Å²) >= 11 is 0. The molecule has 0 bridgehead atoms. The first-order chi connectivity index (χ1) is 10.6. The van der Waals surface area contributed by atoms with Crippen LogP contribution in [0.2, 0.25) is 0 Å². The highest BCUT2D eigenvalue weighted by Gasteiger charge is 2.35. The zero-order chi connectivity index (χ0) is 15.4. The Hall–Kier alpha value is -1.57. The van der Waals surface area contributed by atoms with E-state index in [1.54, 1.807) is 5.70 Å². The molecule has 0 amide bonds. The van der Waals surface area contributed by atoms with E-state index >= 15 is 0 Å². The number of hydrogen-bond acceptors (Lipinski definition) is 1. The molecule has 0 saturated carbocycles. The Kier molecular flexibility index (Phi) is 4.66. The minimum absolute atomic E-state index is 0.239. The monoisotopic (exact) mass is 297 g/mol. The van der Waals surface area contributed by atoms with Crippen LogP contribution in [0.25, 0.3) is 0 Å². The van der Waals surface area contributed by atoms with Crippen LogP contribution in [0.15, 0.2) is 42.1 Å². The smallest absolute Gasteiger partial charge is 0.165 e. The number of allylic oxidation sites excluding steroid dienone is 1. The lowest BCUT2D eigenvalue weighted by atomic mass is 9.93. The predicted molar refractivity (Wildman–Crippen MR) is 93.5 cm³/mol. The number of nitrogens with zero attached hydrogens (tertiary/aromatic N) is 2. The van der Waals surface area contributed by atoms with Crippen LogP contribution >= 0.6 is 0 Å². The van der Waals surface area contributed by atoms with Gasteiger partial charge < -0.3 is 4.90 Å². The summed E-state index contributed by atoms with van der Waals surface area (Å²) in [7, 11) is 0. The van der Waals surface area contributed by atoms with Crippen LogP contribution < -0.4 is 0 Å². The molecule has 1 aromatic rings. The molecule has 0 atom stereocenters. The van der Waals surface area contributed by atoms with Crippen LogP contribution in [0.1, 0.15) is 45.1 Å². The van der Waals surface area contributed by atoms with Gasteiger partial charge in [-0.3, -0.25) is 0 Å². The summed E-state index contributed by atoms with van der Waals surface area (Å²) in [6, 6.07) is 10.8. The van der Waals surface area contributed by atoms with Crippen LogP contribution in [-0.2, 0) is 6.42 Å². The molecular formula is C20H29N2+. The van der Waals surface area contributed by atoms with Crippen molar-refractivity contribution in [2.24, 2.45) is 0 Å². The van der Waals surface area contributed by atoms with Gasteiger partial charge in [-0.2, -0.15) is 0 Å². The van der Waals surface area contributed by atoms with Gasteiger partial charge in [0.1, 0.15) is 6.54 Å². The summed E-state index contributed by atoms with van der Waals surface area (Å²) in [4.78, 5) is 2.58. The third-order valence-corrected chi connectivity index (χ3v) is 5.06. The maximum absolute atomic E-state index is 2.58. The number of hydrogen-bond donors (Lipinski definition) is 0. The van der Waals surface area contributed by atoms with Crippen LogP contribution in [0.3, 0.4) is 0 Å². The van der Waals surface area contributed by atoms with Crippen molar-refractivity contribution in [3.63, 3.8) is 0 Å². The Bertz CT molecular complexity index is 548. The highest BCUT2D eigenvalue weighted by molar-refractivity contribution is 5.68. The summed E-state index contributed by atoms with van der Waals surface area (Å²) < 4.78 is 2.54. The minimum atomic E-state index is 0.239. The van der Waals surface area contributed by atoms with Gasteiger partial charge in [0, 0.05) is 45.1 Å². The molecule has 2 heteroatoms. The molecule has 1 aromatic carbocycles. The fraction of sp³-hybridized carbons (Fsp3) is 0.550. The summed E-state index contributed by atoms with van der Waals surface area (Å²) in [6.07, 6.45) is 11.0. The second kappa shape index (κ2) is 6.68. The molecule has 0 radical (unpaired) electrons. The van der Waals surface area contributed by atoms with Gasteiger partial charge in [0.05, 0.1) is 6.42 Å². The lowest BCUT2D eigenvalue weighted by molar-refractivity contribution is -0.598. The Labute approximate surface area is 135 Å². The molecule has 2 nitrogen and oxygen atoms in total. The molecule has 0 N–H and O–H groups in total. The molecule has 118 valence electrons. The zero-order valence-electron chi connectivity index (χ0n) is 14.1. The summed E-state index contributed by atoms with van der Waals surface area (Å²) in [5, 5.41) is 0. The highest BCUT2D eigenvalue weighted by Crippen LogP contribution is 2.27. The molecule has 0 aromatic heterocycles. The summed E-state index contributed by atoms with van der Waals surface area (Å²) in [6.45, 7) is 8.42. The Morgan fingerprint density at radius 1 is 1.09 bits per heavy atom. The number of aryl methyl sites for hydroxylation is 1. The van der Waals surface area contributed by atoms with E-state index in [4.69, 9.17) is 0 Å². The van der Waals surface area contributed by atoms with E-state index in [1.165, 1.54) is 50.8 Å². The molecule has 0 unspecified atom stereocenters. The second-order valence-electron chi connectivity index (χ2n) is 7.27. The predicted octanol–water partition coefficient (Wildman–Crippen LogP) is 3.86. The Morgan fingerprint density at radius 2 is 1.82 bits per heavy atom. The van der Waals surface area contributed by atoms with Crippen LogP contribution in [0.4, 0.5) is 0 Å². The maximum atomic E-state index is 2.58. The molecule has 2 aliphatic rings. The van der Waals surface area contributed by atoms with Gasteiger partial charge in [0.2, 0.25) is 0 Å². The average molecular weight is 297 g/mol. The quantitative estimate of drug-likeness (QED) is 0.748. The van der Waals surface area contributed by atoms with Gasteiger partial charge >= 0.3 is 0 Å². The first-order valence-corrected chi connectivity index (χ1v) is 8.75. The zero-order valence-corrected chi connectivity index (χ0v) is 14.1. The third kappa shape index (κ3) is 3.60. The number of likely N-dealkylation sites (tertiary alicyclic amines) is 1. The van der Waals surface area contributed by atoms with E-state index < -0.39 is 0 Å². The molecule has 3 rings (SSSR count). The lowest BCUT2D eigenvalue weighted by Gasteiger charge is -2.31. The van der Waals surface area contributed by atoms with Gasteiger partial charge in [-0.05, 0) is 24.8 Å². The van der Waals surface area contributed by atoms with Crippen LogP contribution in [0, 0.1) is 0 Å². The first kappa shape index (κ1) is 15.3. The van der Waals surface area contributed by atoms with Crippen LogP contribution in [0.5, 0.6) is 0 Å². The number of rotatable bonds is 5. The van der Waals surface area contributed by atoms with Crippen molar-refractivity contribution in [1.82, 2.24) is 4.90 Å². The molecule has 1 fully saturated rings. The fourth-order valence-corrected chi connectivity index (χ4v) is 3.68. The second-order valence-corrected chi connectivity index (χ2v) is 7.27. The van der Waals surface area contributed by atoms with Crippen molar-refractivity contribution < 1.29 is 4.58 Å². The average Bonchev–Trinajstić information content (AvgIpc) is 3.04. The number of benzene rings is 1. The van der Waals surface area contributed by atoms with Crippen molar-refractivity contribution in [2.45, 2.75) is 51.5 Å². The summed E-state index contributed by atoms with van der Waals surface area (Å²) in [5.74, 6) is 0. The van der Waals surface area contributed by atoms with Gasteiger partial charge in [0.25, 0.3) is 0 Å². The Morgan fingerprint density at radius 3 is 2.50 bits per heavy atom. The molecular weight excluding hydrogens is 268 g/mol. The SMILES string of the molecule is CC1(C)CC(N2CCCC2)=CC=[N+]1CCCc1ccccc1. The van der Waals surface area contributed by atoms with E-state index in [1.807, 2.05) is 0 Å². The van der Waals surface area contributed by atoms with Crippen molar-refractivity contribution in [1.29, 1.82) is 0 Å². The molecule has 22 heavy (non-hydrogen) atoms. The normalized spacial score (nSPS) is 20.7. The molecule has 1 saturated heterocycles. The van der Waals surface area contributed by atoms with E-state index in [0.29, 0.717) is 0 Å². The molecule has 0 spiro atoms. The van der Waals surface area contributed by atoms with Crippen LogP contribution in [-0.4, -0.2) is 40.9 Å². The standard InChI is InChI=1S/C20H29N2/c1-20(2)17-19(21-13-6-7-14-21)12-16-22(20)15-8-11-18-9-4-3-5-10-18/h3-5,9-10,12,16H,6-8,11,13-15,17H2,1-2H3/q+1. The van der Waals surface area contributed by atoms with E-state index in [2.05, 4.69) is 65.9 Å². The van der Waals surface area contributed by atoms with Crippen molar-refractivity contribution in [2.75, 3.05) is 19.6 Å². The van der Waals surface area contributed by atoms with E-state index in [9.17, 15) is 0 Å². The molecule has 2 heterocycles. The van der Waals surface area contributed by atoms with Gasteiger partial charge in [-0.15, -0.1) is 0 Å². The topological polar surface area (TPSA) is 6.25 Å². The highest BCUT2D eigenvalue weighted by atomic mass is 15.2. The van der Waals surface area contributed by atoms with Crippen molar-refractivity contribution >= 4 is 6.21 Å². The van der Waals surface area contributed by atoms with Gasteiger partial charge in [-0.1, -0.05) is 30.3 Å². The van der Waals surface area contributed by atoms with Gasteiger partial charge in [-0.25, -0.2) is 4.58 Å². The molecule has 0 aliphatic carbocycles. The Balaban J connectivity index is 1.60. The fourth-order valence-electron chi connectivity index (χ4n) is 3.68. The van der Waals surface area contributed by atoms with Gasteiger partial charge in [0.15, 0.2) is 11.8 Å². The lowest BCUT2D eigenvalue weighted by Crippen LogP contribution is -2.42. The minimum Gasteiger partial charge on any atom is -0.374 e. The first-order valence-electron chi connectivity index (χ1n) is 8.75. The largest absolute Gasteiger partial charge is 0.374 e. The third-order valence-electron chi connectivity index (χ3n) is 5.06.